The minimum absolute atomic E-state index is 0.0132. The molecule has 4 heteroatoms. The SMILES string of the molecule is CC[C@H]1[C@@H](O)[C@@H]2[C@H]([C@@H](O)C[C@]3(C)[C@@H]([C@H](C)CCO)CC[C@@H]23)[C@@]2(C)CC[C@@H](O)C[C@@H]12. The van der Waals surface area contributed by atoms with E-state index in [2.05, 4.69) is 27.7 Å². The zero-order valence-electron chi connectivity index (χ0n) is 18.9. The minimum atomic E-state index is -0.377. The Morgan fingerprint density at radius 2 is 1.72 bits per heavy atom. The van der Waals surface area contributed by atoms with E-state index in [9.17, 15) is 20.4 Å². The number of hydrogen-bond acceptors (Lipinski definition) is 4. The summed E-state index contributed by atoms with van der Waals surface area (Å²) in [5, 5.41) is 43.1. The summed E-state index contributed by atoms with van der Waals surface area (Å²) in [5.41, 5.74) is 0.0607. The minimum Gasteiger partial charge on any atom is -0.396 e. The smallest absolute Gasteiger partial charge is 0.0605 e. The van der Waals surface area contributed by atoms with Crippen LogP contribution in [-0.4, -0.2) is 45.3 Å². The van der Waals surface area contributed by atoms with Crippen LogP contribution in [-0.2, 0) is 0 Å². The molecule has 0 amide bonds. The van der Waals surface area contributed by atoms with Gasteiger partial charge in [0.2, 0.25) is 0 Å². The molecule has 0 aromatic carbocycles. The van der Waals surface area contributed by atoms with E-state index in [1.807, 2.05) is 0 Å². The van der Waals surface area contributed by atoms with Gasteiger partial charge in [-0.2, -0.15) is 0 Å². The number of hydrogen-bond donors (Lipinski definition) is 4. The lowest BCUT2D eigenvalue weighted by atomic mass is 9.40. The topological polar surface area (TPSA) is 80.9 Å². The molecule has 0 aromatic rings. The summed E-state index contributed by atoms with van der Waals surface area (Å²) < 4.78 is 0. The lowest BCUT2D eigenvalue weighted by Gasteiger charge is -2.66. The van der Waals surface area contributed by atoms with E-state index in [0.717, 1.165) is 51.4 Å². The predicted octanol–water partition coefficient (Wildman–Crippen LogP) is 3.60. The van der Waals surface area contributed by atoms with Gasteiger partial charge in [0.1, 0.15) is 0 Å². The van der Waals surface area contributed by atoms with Gasteiger partial charge in [-0.25, -0.2) is 0 Å². The van der Waals surface area contributed by atoms with Gasteiger partial charge in [-0.1, -0.05) is 34.1 Å². The molecule has 29 heavy (non-hydrogen) atoms. The van der Waals surface area contributed by atoms with E-state index in [0.29, 0.717) is 23.7 Å². The summed E-state index contributed by atoms with van der Waals surface area (Å²) in [4.78, 5) is 0. The van der Waals surface area contributed by atoms with E-state index in [4.69, 9.17) is 0 Å². The molecule has 4 aliphatic carbocycles. The Hall–Kier alpha value is -0.160. The summed E-state index contributed by atoms with van der Waals surface area (Å²) in [6.45, 7) is 9.42. The van der Waals surface area contributed by atoms with E-state index >= 15 is 0 Å². The van der Waals surface area contributed by atoms with Crippen LogP contribution in [0, 0.1) is 52.3 Å². The van der Waals surface area contributed by atoms with Crippen LogP contribution >= 0.6 is 0 Å². The molecule has 4 rings (SSSR count). The monoisotopic (exact) mass is 408 g/mol. The van der Waals surface area contributed by atoms with Crippen LogP contribution in [0.1, 0.15) is 79.1 Å². The molecule has 12 atom stereocenters. The lowest BCUT2D eigenvalue weighted by Crippen LogP contribution is -2.65. The fraction of sp³-hybridized carbons (Fsp3) is 1.00. The second-order valence-corrected chi connectivity index (χ2v) is 11.8. The molecule has 4 fully saturated rings. The number of aliphatic hydroxyl groups is 4. The summed E-state index contributed by atoms with van der Waals surface area (Å²) in [5.74, 6) is 2.25. The highest BCUT2D eigenvalue weighted by molar-refractivity contribution is 5.15. The molecular formula is C25H44O4. The van der Waals surface area contributed by atoms with Gasteiger partial charge in [-0.15, -0.1) is 0 Å². The van der Waals surface area contributed by atoms with E-state index in [-0.39, 0.29) is 53.5 Å². The molecule has 0 heterocycles. The van der Waals surface area contributed by atoms with Gasteiger partial charge in [-0.3, -0.25) is 0 Å². The molecule has 0 aromatic heterocycles. The molecule has 0 unspecified atom stereocenters. The van der Waals surface area contributed by atoms with Crippen LogP contribution in [0.25, 0.3) is 0 Å². The van der Waals surface area contributed by atoms with Crippen molar-refractivity contribution in [3.05, 3.63) is 0 Å². The Labute approximate surface area is 177 Å². The Morgan fingerprint density at radius 1 is 1.00 bits per heavy atom. The third kappa shape index (κ3) is 3.15. The molecule has 0 bridgehead atoms. The van der Waals surface area contributed by atoms with Gasteiger partial charge in [0.05, 0.1) is 18.3 Å². The Balaban J connectivity index is 1.72. The largest absolute Gasteiger partial charge is 0.396 e. The van der Waals surface area contributed by atoms with Crippen molar-refractivity contribution in [2.45, 2.75) is 97.4 Å². The third-order valence-electron chi connectivity index (χ3n) is 10.7. The number of rotatable bonds is 4. The first-order chi connectivity index (χ1) is 13.7. The average molecular weight is 409 g/mol. The first-order valence-electron chi connectivity index (χ1n) is 12.3. The Kier molecular flexibility index (Phi) is 5.90. The Bertz CT molecular complexity index is 595. The normalized spacial score (nSPS) is 55.7. The maximum absolute atomic E-state index is 11.7. The van der Waals surface area contributed by atoms with Crippen molar-refractivity contribution < 1.29 is 20.4 Å². The molecule has 4 N–H and O–H groups in total. The number of aliphatic hydroxyl groups excluding tert-OH is 4. The van der Waals surface area contributed by atoms with E-state index in [1.165, 1.54) is 0 Å². The van der Waals surface area contributed by atoms with Gasteiger partial charge < -0.3 is 20.4 Å². The van der Waals surface area contributed by atoms with Crippen LogP contribution in [0.3, 0.4) is 0 Å². The third-order valence-corrected chi connectivity index (χ3v) is 10.7. The quantitative estimate of drug-likeness (QED) is 0.573. The van der Waals surface area contributed by atoms with Gasteiger partial charge in [-0.05, 0) is 97.2 Å². The van der Waals surface area contributed by atoms with Crippen LogP contribution < -0.4 is 0 Å². The van der Waals surface area contributed by atoms with Crippen molar-refractivity contribution in [1.29, 1.82) is 0 Å². The fourth-order valence-electron chi connectivity index (χ4n) is 9.45. The van der Waals surface area contributed by atoms with Gasteiger partial charge >= 0.3 is 0 Å². The Morgan fingerprint density at radius 3 is 2.38 bits per heavy atom. The molecule has 4 nitrogen and oxygen atoms in total. The van der Waals surface area contributed by atoms with Crippen molar-refractivity contribution in [3.8, 4) is 0 Å². The molecule has 0 aliphatic heterocycles. The second-order valence-electron chi connectivity index (χ2n) is 11.8. The fourth-order valence-corrected chi connectivity index (χ4v) is 9.45. The molecule has 0 radical (unpaired) electrons. The summed E-state index contributed by atoms with van der Waals surface area (Å²) in [6, 6.07) is 0. The zero-order chi connectivity index (χ0) is 21.1. The van der Waals surface area contributed by atoms with Crippen LogP contribution in [0.15, 0.2) is 0 Å². The highest BCUT2D eigenvalue weighted by Crippen LogP contribution is 2.69. The highest BCUT2D eigenvalue weighted by atomic mass is 16.3. The molecule has 4 saturated carbocycles. The van der Waals surface area contributed by atoms with Crippen molar-refractivity contribution in [3.63, 3.8) is 0 Å². The second kappa shape index (κ2) is 7.76. The maximum atomic E-state index is 11.7. The van der Waals surface area contributed by atoms with Gasteiger partial charge in [0.25, 0.3) is 0 Å². The molecule has 168 valence electrons. The van der Waals surface area contributed by atoms with Crippen molar-refractivity contribution in [2.75, 3.05) is 6.61 Å². The summed E-state index contributed by atoms with van der Waals surface area (Å²) in [6.07, 6.45) is 6.46. The van der Waals surface area contributed by atoms with Crippen molar-refractivity contribution in [1.82, 2.24) is 0 Å². The maximum Gasteiger partial charge on any atom is 0.0605 e. The van der Waals surface area contributed by atoms with Gasteiger partial charge in [0.15, 0.2) is 0 Å². The zero-order valence-corrected chi connectivity index (χ0v) is 18.9. The van der Waals surface area contributed by atoms with Crippen molar-refractivity contribution >= 4 is 0 Å². The molecule has 0 saturated heterocycles. The van der Waals surface area contributed by atoms with Crippen molar-refractivity contribution in [2.24, 2.45) is 52.3 Å². The predicted molar refractivity (Wildman–Crippen MR) is 114 cm³/mol. The molecular weight excluding hydrogens is 364 g/mol. The highest BCUT2D eigenvalue weighted by Gasteiger charge is 2.67. The van der Waals surface area contributed by atoms with Crippen LogP contribution in [0.2, 0.25) is 0 Å². The average Bonchev–Trinajstić information content (AvgIpc) is 3.00. The lowest BCUT2D eigenvalue weighted by molar-refractivity contribution is -0.235. The summed E-state index contributed by atoms with van der Waals surface area (Å²) in [7, 11) is 0. The van der Waals surface area contributed by atoms with E-state index in [1.54, 1.807) is 0 Å². The molecule has 4 aliphatic rings. The van der Waals surface area contributed by atoms with Crippen LogP contribution in [0.4, 0.5) is 0 Å². The first kappa shape index (κ1) is 22.0. The molecule has 0 spiro atoms. The number of fused-ring (bicyclic) bond motifs is 5. The van der Waals surface area contributed by atoms with Crippen LogP contribution in [0.5, 0.6) is 0 Å². The summed E-state index contributed by atoms with van der Waals surface area (Å²) >= 11 is 0. The van der Waals surface area contributed by atoms with E-state index < -0.39 is 0 Å². The van der Waals surface area contributed by atoms with Gasteiger partial charge in [0, 0.05) is 6.61 Å². The first-order valence-corrected chi connectivity index (χ1v) is 12.3. The standard InChI is InChI=1S/C25H44O4/c1-5-16-19-12-15(27)8-10-24(19,3)22-20(28)13-25(4)17(14(2)9-11-26)6-7-18(25)21(22)23(16)29/h14-23,26-29H,5-13H2,1-4H3/t14-,15-,16-,17-,18+,19+,20+,21+,22+,23-,24+,25-/m1/s1.